The number of hydrogen-bond donors (Lipinski definition) is 6. The van der Waals surface area contributed by atoms with Crippen molar-refractivity contribution in [3.05, 3.63) is 138 Å². The number of benzene rings is 4. The van der Waals surface area contributed by atoms with Gasteiger partial charge in [0.1, 0.15) is 0 Å². The minimum Gasteiger partial charge on any atom is -0.396 e. The fourth-order valence-corrected chi connectivity index (χ4v) is 6.88. The van der Waals surface area contributed by atoms with E-state index in [2.05, 4.69) is 20.6 Å². The highest BCUT2D eigenvalue weighted by molar-refractivity contribution is 6.08. The smallest absolute Gasteiger partial charge is 0.264 e. The number of nitrogens with zero attached hydrogens (tertiary/aromatic N) is 1. The Hall–Kier alpha value is -5.97. The summed E-state index contributed by atoms with van der Waals surface area (Å²) in [4.78, 5) is 48.1. The number of fused-ring (bicyclic) bond motifs is 3. The van der Waals surface area contributed by atoms with Crippen LogP contribution in [0.4, 0.5) is 17.1 Å². The molecule has 10 nitrogen and oxygen atoms in total. The zero-order valence-corrected chi connectivity index (χ0v) is 28.1. The van der Waals surface area contributed by atoms with E-state index in [1.165, 1.54) is 0 Å². The van der Waals surface area contributed by atoms with Gasteiger partial charge in [-0.25, -0.2) is 0 Å². The Morgan fingerprint density at radius 3 is 2.00 bits per heavy atom. The number of carbonyl (C=O) groups excluding carboxylic acids is 3. The van der Waals surface area contributed by atoms with E-state index in [0.717, 1.165) is 38.5 Å². The average Bonchev–Trinajstić information content (AvgIpc) is 3.79. The van der Waals surface area contributed by atoms with Crippen molar-refractivity contribution in [2.45, 2.75) is 38.3 Å². The molecule has 0 spiro atoms. The van der Waals surface area contributed by atoms with E-state index in [1.54, 1.807) is 54.3 Å². The second-order valence-electron chi connectivity index (χ2n) is 13.0. The summed E-state index contributed by atoms with van der Waals surface area (Å²) in [6.45, 7) is 1.89. The molecular weight excluding hydrogens is 642 g/mol. The molecule has 7 rings (SSSR count). The van der Waals surface area contributed by atoms with Crippen molar-refractivity contribution in [3.8, 4) is 0 Å². The van der Waals surface area contributed by atoms with Crippen LogP contribution in [-0.2, 0) is 39.4 Å². The SMILES string of the molecule is C[C@H](/C=C/CCO)[C@@]1(O)C(=O)N(Cc2ccc(NC(=O)Cc3c[nH]c4ccccc34)cc2)c2ccc(NC(=O)Cc3c[nH]c4ccccc34)cc21. The lowest BCUT2D eigenvalue weighted by atomic mass is 9.82. The van der Waals surface area contributed by atoms with E-state index in [4.69, 9.17) is 0 Å². The van der Waals surface area contributed by atoms with Gasteiger partial charge in [0.15, 0.2) is 5.60 Å². The molecule has 0 aliphatic carbocycles. The fourth-order valence-electron chi connectivity index (χ4n) is 6.88. The third kappa shape index (κ3) is 6.66. The summed E-state index contributed by atoms with van der Waals surface area (Å²) in [5.74, 6) is -1.49. The number of aliphatic hydroxyl groups excluding tert-OH is 1. The number of anilines is 3. The lowest BCUT2D eigenvalue weighted by molar-refractivity contribution is -0.139. The molecule has 10 heteroatoms. The van der Waals surface area contributed by atoms with Crippen LogP contribution in [0.5, 0.6) is 0 Å². The van der Waals surface area contributed by atoms with Crippen molar-refractivity contribution >= 4 is 56.6 Å². The van der Waals surface area contributed by atoms with Crippen LogP contribution in [0.25, 0.3) is 21.8 Å². The van der Waals surface area contributed by atoms with Gasteiger partial charge in [-0.15, -0.1) is 0 Å². The first-order valence-corrected chi connectivity index (χ1v) is 17.0. The van der Waals surface area contributed by atoms with Crippen LogP contribution in [-0.4, -0.2) is 44.5 Å². The molecule has 1 aliphatic heterocycles. The third-order valence-electron chi connectivity index (χ3n) is 9.56. The van der Waals surface area contributed by atoms with Crippen molar-refractivity contribution in [1.29, 1.82) is 0 Å². The molecular formula is C41H39N5O5. The number of nitrogens with one attached hydrogen (secondary N) is 4. The molecule has 0 bridgehead atoms. The van der Waals surface area contributed by atoms with E-state index in [1.807, 2.05) is 73.1 Å². The molecule has 3 amide bonds. The number of aromatic amines is 2. The summed E-state index contributed by atoms with van der Waals surface area (Å²) in [5.41, 5.74) is 4.62. The second kappa shape index (κ2) is 14.1. The molecule has 3 heterocycles. The predicted octanol–water partition coefficient (Wildman–Crippen LogP) is 6.32. The molecule has 0 radical (unpaired) electrons. The first kappa shape index (κ1) is 33.5. The first-order valence-electron chi connectivity index (χ1n) is 17.0. The summed E-state index contributed by atoms with van der Waals surface area (Å²) in [7, 11) is 0. The average molecular weight is 682 g/mol. The molecule has 4 aromatic carbocycles. The summed E-state index contributed by atoms with van der Waals surface area (Å²) < 4.78 is 0. The number of amides is 3. The maximum absolute atomic E-state index is 14.1. The third-order valence-corrected chi connectivity index (χ3v) is 9.56. The van der Waals surface area contributed by atoms with Gasteiger partial charge >= 0.3 is 0 Å². The van der Waals surface area contributed by atoms with Gasteiger partial charge in [-0.05, 0) is 65.6 Å². The number of aromatic nitrogens is 2. The van der Waals surface area contributed by atoms with Gasteiger partial charge in [0.25, 0.3) is 5.91 Å². The molecule has 2 atom stereocenters. The maximum Gasteiger partial charge on any atom is 0.264 e. The van der Waals surface area contributed by atoms with Crippen molar-refractivity contribution in [2.75, 3.05) is 22.1 Å². The molecule has 0 saturated heterocycles. The Morgan fingerprint density at radius 1 is 0.824 bits per heavy atom. The minimum absolute atomic E-state index is 0.0512. The lowest BCUT2D eigenvalue weighted by Gasteiger charge is -2.28. The Balaban J connectivity index is 1.09. The minimum atomic E-state index is -1.91. The molecule has 0 fully saturated rings. The van der Waals surface area contributed by atoms with Crippen LogP contribution in [0, 0.1) is 5.92 Å². The normalized spacial score (nSPS) is 16.2. The first-order chi connectivity index (χ1) is 24.7. The van der Waals surface area contributed by atoms with Crippen LogP contribution < -0.4 is 15.5 Å². The monoisotopic (exact) mass is 681 g/mol. The number of H-pyrrole nitrogens is 2. The van der Waals surface area contributed by atoms with Gasteiger partial charge in [0, 0.05) is 63.7 Å². The molecule has 6 N–H and O–H groups in total. The quantitative estimate of drug-likeness (QED) is 0.0836. The zero-order chi connectivity index (χ0) is 35.5. The predicted molar refractivity (Wildman–Crippen MR) is 199 cm³/mol. The summed E-state index contributed by atoms with van der Waals surface area (Å²) in [6, 6.07) is 28.0. The number of aliphatic hydroxyl groups is 2. The van der Waals surface area contributed by atoms with Gasteiger partial charge in [0.05, 0.1) is 25.1 Å². The Morgan fingerprint density at radius 2 is 1.39 bits per heavy atom. The van der Waals surface area contributed by atoms with Crippen LogP contribution in [0.15, 0.2) is 116 Å². The van der Waals surface area contributed by atoms with Gasteiger partial charge in [-0.3, -0.25) is 14.4 Å². The molecule has 0 unspecified atom stereocenters. The number of para-hydroxylation sites is 2. The van der Waals surface area contributed by atoms with Gasteiger partial charge in [0.2, 0.25) is 11.8 Å². The van der Waals surface area contributed by atoms with Crippen LogP contribution in [0.3, 0.4) is 0 Å². The van der Waals surface area contributed by atoms with E-state index >= 15 is 0 Å². The summed E-state index contributed by atoms with van der Waals surface area (Å²) in [5, 5.41) is 29.3. The van der Waals surface area contributed by atoms with E-state index in [-0.39, 0.29) is 37.8 Å². The molecule has 1 aliphatic rings. The fraction of sp³-hybridized carbons (Fsp3) is 0.195. The molecule has 258 valence electrons. The lowest BCUT2D eigenvalue weighted by Crippen LogP contribution is -2.44. The maximum atomic E-state index is 14.1. The highest BCUT2D eigenvalue weighted by Crippen LogP contribution is 2.47. The van der Waals surface area contributed by atoms with E-state index in [0.29, 0.717) is 29.0 Å². The van der Waals surface area contributed by atoms with E-state index < -0.39 is 17.4 Å². The van der Waals surface area contributed by atoms with Crippen LogP contribution >= 0.6 is 0 Å². The molecule has 0 saturated carbocycles. The van der Waals surface area contributed by atoms with E-state index in [9.17, 15) is 24.6 Å². The number of carbonyl (C=O) groups is 3. The second-order valence-corrected chi connectivity index (χ2v) is 13.0. The Bertz CT molecular complexity index is 2270. The van der Waals surface area contributed by atoms with Crippen LogP contribution in [0.2, 0.25) is 0 Å². The largest absolute Gasteiger partial charge is 0.396 e. The number of rotatable bonds is 12. The molecule has 51 heavy (non-hydrogen) atoms. The summed E-state index contributed by atoms with van der Waals surface area (Å²) >= 11 is 0. The van der Waals surface area contributed by atoms with Gasteiger partial charge in [-0.2, -0.15) is 0 Å². The Kier molecular flexibility index (Phi) is 9.27. The highest BCUT2D eigenvalue weighted by Gasteiger charge is 2.52. The highest BCUT2D eigenvalue weighted by atomic mass is 16.3. The van der Waals surface area contributed by atoms with Crippen molar-refractivity contribution in [2.24, 2.45) is 5.92 Å². The molecule has 2 aromatic heterocycles. The van der Waals surface area contributed by atoms with Crippen molar-refractivity contribution in [1.82, 2.24) is 9.97 Å². The summed E-state index contributed by atoms with van der Waals surface area (Å²) in [6.07, 6.45) is 7.92. The Labute approximate surface area is 294 Å². The number of hydrogen-bond acceptors (Lipinski definition) is 5. The standard InChI is InChI=1S/C41H39N5O5/c1-26(8-6-7-19-47)41(51)34-22-31(45-39(49)21-29-24-43-36-12-5-3-10-33(29)36)17-18-37(34)46(40(41)50)25-27-13-15-30(16-14-27)44-38(48)20-28-23-42-35-11-4-2-9-32(28)35/h2-6,8-18,22-24,26,42-43,47,51H,7,19-21,25H2,1H3,(H,44,48)(H,45,49)/b8-6+/t26-,41+/m1/s1. The van der Waals surface area contributed by atoms with Gasteiger partial charge < -0.3 is 35.7 Å². The van der Waals surface area contributed by atoms with Crippen molar-refractivity contribution in [3.63, 3.8) is 0 Å². The molecule has 6 aromatic rings. The zero-order valence-electron chi connectivity index (χ0n) is 28.1. The van der Waals surface area contributed by atoms with Gasteiger partial charge in [-0.1, -0.05) is 67.6 Å². The van der Waals surface area contributed by atoms with Crippen molar-refractivity contribution < 1.29 is 24.6 Å². The topological polar surface area (TPSA) is 151 Å². The van der Waals surface area contributed by atoms with Crippen LogP contribution in [0.1, 0.15) is 35.6 Å².